The van der Waals surface area contributed by atoms with E-state index in [1.165, 1.54) is 16.7 Å². The summed E-state index contributed by atoms with van der Waals surface area (Å²) in [6.45, 7) is 6.84. The Hall–Kier alpha value is -1.04. The molecule has 0 saturated carbocycles. The van der Waals surface area contributed by atoms with Gasteiger partial charge in [0.05, 0.1) is 0 Å². The highest BCUT2D eigenvalue weighted by molar-refractivity contribution is 5.76. The summed E-state index contributed by atoms with van der Waals surface area (Å²) in [5, 5.41) is 0. The molecular weight excluding hydrogens is 156 g/mol. The van der Waals surface area contributed by atoms with E-state index in [2.05, 4.69) is 51.1 Å². The van der Waals surface area contributed by atoms with Gasteiger partial charge < -0.3 is 0 Å². The molecule has 0 heterocycles. The molecule has 0 bridgehead atoms. The van der Waals surface area contributed by atoms with E-state index >= 15 is 0 Å². The topological polar surface area (TPSA) is 0 Å². The van der Waals surface area contributed by atoms with E-state index in [1.807, 2.05) is 0 Å². The van der Waals surface area contributed by atoms with Crippen molar-refractivity contribution in [3.05, 3.63) is 41.5 Å². The summed E-state index contributed by atoms with van der Waals surface area (Å²) in [6.07, 6.45) is 3.48. The largest absolute Gasteiger partial charge is 0.0758 e. The molecule has 13 heavy (non-hydrogen) atoms. The van der Waals surface area contributed by atoms with Crippen molar-refractivity contribution < 1.29 is 0 Å². The van der Waals surface area contributed by atoms with Crippen LogP contribution in [0.2, 0.25) is 0 Å². The first-order chi connectivity index (χ1) is 6.09. The summed E-state index contributed by atoms with van der Waals surface area (Å²) in [7, 11) is 0. The van der Waals surface area contributed by atoms with Gasteiger partial charge in [0, 0.05) is 0 Å². The van der Waals surface area contributed by atoms with Gasteiger partial charge in [0.2, 0.25) is 0 Å². The number of rotatable bonds is 0. The number of allylic oxidation sites excluding steroid dienone is 2. The Labute approximate surface area is 80.3 Å². The Kier molecular flexibility index (Phi) is 1.80. The zero-order valence-electron chi connectivity index (χ0n) is 8.59. The highest BCUT2D eigenvalue weighted by atomic mass is 14.3. The molecule has 0 aliphatic heterocycles. The fourth-order valence-electron chi connectivity index (χ4n) is 1.99. The van der Waals surface area contributed by atoms with Gasteiger partial charge in [-0.05, 0) is 28.5 Å². The fourth-order valence-corrected chi connectivity index (χ4v) is 1.99. The molecule has 0 aromatic heterocycles. The smallest absolute Gasteiger partial charge is 0.00852 e. The lowest BCUT2D eigenvalue weighted by Crippen LogP contribution is -2.06. The number of hydrogen-bond donors (Lipinski definition) is 0. The summed E-state index contributed by atoms with van der Waals surface area (Å²) in [4.78, 5) is 0. The van der Waals surface area contributed by atoms with Gasteiger partial charge in [-0.2, -0.15) is 0 Å². The minimum Gasteiger partial charge on any atom is -0.0758 e. The molecule has 0 spiro atoms. The minimum atomic E-state index is 0.284. The van der Waals surface area contributed by atoms with Crippen molar-refractivity contribution in [3.8, 4) is 0 Å². The van der Waals surface area contributed by atoms with Crippen molar-refractivity contribution in [2.24, 2.45) is 5.41 Å². The van der Waals surface area contributed by atoms with Gasteiger partial charge in [0.1, 0.15) is 0 Å². The first-order valence-corrected chi connectivity index (χ1v) is 4.88. The van der Waals surface area contributed by atoms with E-state index in [1.54, 1.807) is 0 Å². The second-order valence-electron chi connectivity index (χ2n) is 4.73. The van der Waals surface area contributed by atoms with Crippen LogP contribution < -0.4 is 0 Å². The van der Waals surface area contributed by atoms with Gasteiger partial charge in [-0.15, -0.1) is 0 Å². The maximum atomic E-state index is 2.37. The van der Waals surface area contributed by atoms with E-state index < -0.39 is 0 Å². The summed E-state index contributed by atoms with van der Waals surface area (Å²) in [6, 6.07) is 8.71. The van der Waals surface area contributed by atoms with Crippen LogP contribution in [0.25, 0.3) is 5.57 Å². The molecule has 0 amide bonds. The number of fused-ring (bicyclic) bond motifs is 1. The predicted octanol–water partition coefficient (Wildman–Crippen LogP) is 3.67. The second kappa shape index (κ2) is 2.73. The molecule has 1 aromatic rings. The molecule has 0 atom stereocenters. The van der Waals surface area contributed by atoms with E-state index in [0.29, 0.717) is 0 Å². The molecule has 0 nitrogen and oxygen atoms in total. The molecule has 0 fully saturated rings. The third-order valence-corrected chi connectivity index (χ3v) is 2.64. The van der Waals surface area contributed by atoms with E-state index in [-0.39, 0.29) is 5.41 Å². The maximum absolute atomic E-state index is 2.37. The quantitative estimate of drug-likeness (QED) is 0.560. The zero-order chi connectivity index (χ0) is 9.47. The van der Waals surface area contributed by atoms with Crippen LogP contribution in [-0.2, 0) is 6.42 Å². The van der Waals surface area contributed by atoms with Gasteiger partial charge in [-0.25, -0.2) is 0 Å². The van der Waals surface area contributed by atoms with Gasteiger partial charge in [0.25, 0.3) is 0 Å². The highest BCUT2D eigenvalue weighted by Crippen LogP contribution is 2.39. The van der Waals surface area contributed by atoms with Crippen molar-refractivity contribution in [2.75, 3.05) is 0 Å². The van der Waals surface area contributed by atoms with Crippen molar-refractivity contribution in [1.82, 2.24) is 0 Å². The first-order valence-electron chi connectivity index (χ1n) is 4.88. The monoisotopic (exact) mass is 172 g/mol. The summed E-state index contributed by atoms with van der Waals surface area (Å²) in [5.41, 5.74) is 4.72. The standard InChI is InChI=1S/C13H16/c1-13(2,3)12-9-8-10-6-4-5-7-11(10)12/h4-7,9H,8H2,1-3H3. The van der Waals surface area contributed by atoms with E-state index in [4.69, 9.17) is 0 Å². The van der Waals surface area contributed by atoms with Crippen molar-refractivity contribution in [2.45, 2.75) is 27.2 Å². The number of benzene rings is 1. The lowest BCUT2D eigenvalue weighted by atomic mass is 9.83. The molecule has 1 aliphatic carbocycles. The van der Waals surface area contributed by atoms with Crippen LogP contribution in [0.4, 0.5) is 0 Å². The Morgan fingerprint density at radius 1 is 1.08 bits per heavy atom. The van der Waals surface area contributed by atoms with Gasteiger partial charge in [-0.3, -0.25) is 0 Å². The Balaban J connectivity index is 2.48. The van der Waals surface area contributed by atoms with Gasteiger partial charge in [0.15, 0.2) is 0 Å². The van der Waals surface area contributed by atoms with Crippen molar-refractivity contribution in [1.29, 1.82) is 0 Å². The lowest BCUT2D eigenvalue weighted by Gasteiger charge is -2.21. The van der Waals surface area contributed by atoms with Crippen LogP contribution in [-0.4, -0.2) is 0 Å². The SMILES string of the molecule is CC(C)(C)C1=CCc2ccccc21. The normalized spacial score (nSPS) is 15.5. The molecule has 0 heteroatoms. The van der Waals surface area contributed by atoms with Crippen LogP contribution in [0.15, 0.2) is 30.3 Å². The fraction of sp³-hybridized carbons (Fsp3) is 0.385. The molecule has 0 saturated heterocycles. The van der Waals surface area contributed by atoms with E-state index in [9.17, 15) is 0 Å². The molecule has 0 N–H and O–H groups in total. The Morgan fingerprint density at radius 3 is 2.46 bits per heavy atom. The molecule has 68 valence electrons. The van der Waals surface area contributed by atoms with Crippen LogP contribution >= 0.6 is 0 Å². The van der Waals surface area contributed by atoms with Crippen LogP contribution in [0.5, 0.6) is 0 Å². The van der Waals surface area contributed by atoms with Gasteiger partial charge in [-0.1, -0.05) is 51.1 Å². The van der Waals surface area contributed by atoms with Crippen molar-refractivity contribution >= 4 is 5.57 Å². The Bertz CT molecular complexity index is 351. The molecule has 0 radical (unpaired) electrons. The highest BCUT2D eigenvalue weighted by Gasteiger charge is 2.23. The molecule has 2 rings (SSSR count). The lowest BCUT2D eigenvalue weighted by molar-refractivity contribution is 0.567. The van der Waals surface area contributed by atoms with E-state index in [0.717, 1.165) is 6.42 Å². The first kappa shape index (κ1) is 8.55. The maximum Gasteiger partial charge on any atom is -0.00852 e. The Morgan fingerprint density at radius 2 is 1.77 bits per heavy atom. The predicted molar refractivity (Wildman–Crippen MR) is 57.6 cm³/mol. The third kappa shape index (κ3) is 1.41. The van der Waals surface area contributed by atoms with Crippen molar-refractivity contribution in [3.63, 3.8) is 0 Å². The zero-order valence-corrected chi connectivity index (χ0v) is 8.59. The summed E-state index contributed by atoms with van der Waals surface area (Å²) in [5.74, 6) is 0. The van der Waals surface area contributed by atoms with Crippen LogP contribution in [0.3, 0.4) is 0 Å². The summed E-state index contributed by atoms with van der Waals surface area (Å²) < 4.78 is 0. The van der Waals surface area contributed by atoms with Crippen LogP contribution in [0.1, 0.15) is 31.9 Å². The molecule has 0 unspecified atom stereocenters. The van der Waals surface area contributed by atoms with Gasteiger partial charge >= 0.3 is 0 Å². The average Bonchev–Trinajstić information content (AvgIpc) is 2.45. The molecule has 1 aromatic carbocycles. The minimum absolute atomic E-state index is 0.284. The molecular formula is C13H16. The van der Waals surface area contributed by atoms with Crippen LogP contribution in [0, 0.1) is 5.41 Å². The average molecular weight is 172 g/mol. The third-order valence-electron chi connectivity index (χ3n) is 2.64. The number of hydrogen-bond acceptors (Lipinski definition) is 0. The summed E-state index contributed by atoms with van der Waals surface area (Å²) >= 11 is 0. The second-order valence-corrected chi connectivity index (χ2v) is 4.73. The molecule has 1 aliphatic rings.